The Morgan fingerprint density at radius 1 is 1.25 bits per heavy atom. The van der Waals surface area contributed by atoms with Crippen LogP contribution in [-0.2, 0) is 9.47 Å². The molecule has 2 atom stereocenters. The van der Waals surface area contributed by atoms with Crippen molar-refractivity contribution in [2.75, 3.05) is 6.61 Å². The van der Waals surface area contributed by atoms with Crippen molar-refractivity contribution in [1.29, 1.82) is 0 Å². The average molecular weight is 230 g/mol. The van der Waals surface area contributed by atoms with Crippen LogP contribution >= 0.6 is 0 Å². The highest BCUT2D eigenvalue weighted by molar-refractivity contribution is 4.80. The SMILES string of the molecule is CCCCCC[C@H]1OCC[C@H](C(C)(C)O)O1. The smallest absolute Gasteiger partial charge is 0.158 e. The largest absolute Gasteiger partial charge is 0.388 e. The summed E-state index contributed by atoms with van der Waals surface area (Å²) in [5.41, 5.74) is -0.758. The molecule has 0 unspecified atom stereocenters. The molecule has 1 rings (SSSR count). The summed E-state index contributed by atoms with van der Waals surface area (Å²) < 4.78 is 11.3. The predicted molar refractivity (Wildman–Crippen MR) is 64.3 cm³/mol. The highest BCUT2D eigenvalue weighted by Gasteiger charge is 2.33. The molecule has 96 valence electrons. The third-order valence-corrected chi connectivity index (χ3v) is 3.08. The van der Waals surface area contributed by atoms with Crippen molar-refractivity contribution in [2.24, 2.45) is 0 Å². The Morgan fingerprint density at radius 3 is 2.62 bits per heavy atom. The first-order valence-electron chi connectivity index (χ1n) is 6.53. The first-order chi connectivity index (χ1) is 7.54. The van der Waals surface area contributed by atoms with Gasteiger partial charge in [-0.05, 0) is 33.1 Å². The third kappa shape index (κ3) is 4.81. The lowest BCUT2D eigenvalue weighted by molar-refractivity contribution is -0.250. The van der Waals surface area contributed by atoms with Gasteiger partial charge in [-0.25, -0.2) is 0 Å². The molecule has 0 radical (unpaired) electrons. The van der Waals surface area contributed by atoms with Gasteiger partial charge in [0.1, 0.15) is 0 Å². The number of aliphatic hydroxyl groups is 1. The molecular formula is C13H26O3. The van der Waals surface area contributed by atoms with E-state index in [9.17, 15) is 5.11 Å². The van der Waals surface area contributed by atoms with Crippen molar-refractivity contribution in [3.05, 3.63) is 0 Å². The van der Waals surface area contributed by atoms with Crippen LogP contribution in [0.2, 0.25) is 0 Å². The van der Waals surface area contributed by atoms with Gasteiger partial charge in [0.15, 0.2) is 6.29 Å². The van der Waals surface area contributed by atoms with E-state index in [1.807, 2.05) is 0 Å². The van der Waals surface area contributed by atoms with Crippen LogP contribution in [0.4, 0.5) is 0 Å². The zero-order chi connectivity index (χ0) is 12.0. The molecule has 3 heteroatoms. The second-order valence-corrected chi connectivity index (χ2v) is 5.22. The molecule has 16 heavy (non-hydrogen) atoms. The maximum atomic E-state index is 9.89. The lowest BCUT2D eigenvalue weighted by atomic mass is 9.98. The number of hydrogen-bond acceptors (Lipinski definition) is 3. The van der Waals surface area contributed by atoms with Gasteiger partial charge < -0.3 is 14.6 Å². The van der Waals surface area contributed by atoms with Crippen molar-refractivity contribution in [3.8, 4) is 0 Å². The van der Waals surface area contributed by atoms with Crippen molar-refractivity contribution in [3.63, 3.8) is 0 Å². The lowest BCUT2D eigenvalue weighted by Crippen LogP contribution is -2.45. The quantitative estimate of drug-likeness (QED) is 0.713. The second kappa shape index (κ2) is 6.58. The van der Waals surface area contributed by atoms with Gasteiger partial charge in [0.05, 0.1) is 18.3 Å². The van der Waals surface area contributed by atoms with Gasteiger partial charge in [-0.15, -0.1) is 0 Å². The van der Waals surface area contributed by atoms with Gasteiger partial charge in [-0.1, -0.05) is 26.2 Å². The average Bonchev–Trinajstić information content (AvgIpc) is 2.24. The summed E-state index contributed by atoms with van der Waals surface area (Å²) >= 11 is 0. The molecule has 3 nitrogen and oxygen atoms in total. The van der Waals surface area contributed by atoms with E-state index in [1.54, 1.807) is 13.8 Å². The molecule has 0 aromatic carbocycles. The molecule has 0 aliphatic carbocycles. The van der Waals surface area contributed by atoms with Crippen molar-refractivity contribution in [1.82, 2.24) is 0 Å². The van der Waals surface area contributed by atoms with E-state index in [4.69, 9.17) is 9.47 Å². The number of unbranched alkanes of at least 4 members (excludes halogenated alkanes) is 3. The van der Waals surface area contributed by atoms with Crippen molar-refractivity contribution >= 4 is 0 Å². The van der Waals surface area contributed by atoms with Gasteiger partial charge in [0.25, 0.3) is 0 Å². The monoisotopic (exact) mass is 230 g/mol. The summed E-state index contributed by atoms with van der Waals surface area (Å²) in [5, 5.41) is 9.89. The maximum Gasteiger partial charge on any atom is 0.158 e. The summed E-state index contributed by atoms with van der Waals surface area (Å²) in [4.78, 5) is 0. The first-order valence-corrected chi connectivity index (χ1v) is 6.53. The van der Waals surface area contributed by atoms with Gasteiger partial charge in [-0.3, -0.25) is 0 Å². The Bertz CT molecular complexity index is 186. The summed E-state index contributed by atoms with van der Waals surface area (Å²) in [6, 6.07) is 0. The van der Waals surface area contributed by atoms with Crippen LogP contribution in [0.1, 0.15) is 59.3 Å². The molecule has 1 heterocycles. The second-order valence-electron chi connectivity index (χ2n) is 5.22. The third-order valence-electron chi connectivity index (χ3n) is 3.08. The van der Waals surface area contributed by atoms with Crippen molar-refractivity contribution in [2.45, 2.75) is 77.3 Å². The minimum Gasteiger partial charge on any atom is -0.388 e. The van der Waals surface area contributed by atoms with Crippen LogP contribution in [-0.4, -0.2) is 29.7 Å². The van der Waals surface area contributed by atoms with Gasteiger partial charge in [0.2, 0.25) is 0 Å². The molecule has 1 N–H and O–H groups in total. The maximum absolute atomic E-state index is 9.89. The first kappa shape index (κ1) is 13.9. The molecule has 1 fully saturated rings. The Hall–Kier alpha value is -0.120. The van der Waals surface area contributed by atoms with Crippen molar-refractivity contribution < 1.29 is 14.6 Å². The number of rotatable bonds is 6. The molecule has 0 bridgehead atoms. The lowest BCUT2D eigenvalue weighted by Gasteiger charge is -2.36. The van der Waals surface area contributed by atoms with E-state index in [1.165, 1.54) is 19.3 Å². The molecule has 1 aliphatic heterocycles. The summed E-state index contributed by atoms with van der Waals surface area (Å²) in [7, 11) is 0. The number of hydrogen-bond donors (Lipinski definition) is 1. The standard InChI is InChI=1S/C13H26O3/c1-4-5-6-7-8-12-15-10-9-11(16-12)13(2,3)14/h11-12,14H,4-10H2,1-3H3/t11-,12+/m1/s1. The Labute approximate surface area is 99.1 Å². The van der Waals surface area contributed by atoms with E-state index in [0.29, 0.717) is 6.61 Å². The Kier molecular flexibility index (Phi) is 5.73. The Morgan fingerprint density at radius 2 is 2.00 bits per heavy atom. The molecule has 1 aliphatic rings. The van der Waals surface area contributed by atoms with Crippen LogP contribution in [0.15, 0.2) is 0 Å². The molecule has 0 amide bonds. The van der Waals surface area contributed by atoms with E-state index >= 15 is 0 Å². The molecule has 0 aromatic heterocycles. The minimum atomic E-state index is -0.758. The fourth-order valence-corrected chi connectivity index (χ4v) is 2.01. The van der Waals surface area contributed by atoms with Gasteiger partial charge >= 0.3 is 0 Å². The van der Waals surface area contributed by atoms with Crippen LogP contribution in [0.3, 0.4) is 0 Å². The molecule has 0 spiro atoms. The zero-order valence-corrected chi connectivity index (χ0v) is 10.9. The fraction of sp³-hybridized carbons (Fsp3) is 1.00. The summed E-state index contributed by atoms with van der Waals surface area (Å²) in [5.74, 6) is 0. The highest BCUT2D eigenvalue weighted by Crippen LogP contribution is 2.24. The zero-order valence-electron chi connectivity index (χ0n) is 10.9. The van der Waals surface area contributed by atoms with E-state index < -0.39 is 5.60 Å². The minimum absolute atomic E-state index is 0.0857. The van der Waals surface area contributed by atoms with Gasteiger partial charge in [-0.2, -0.15) is 0 Å². The molecule has 0 saturated carbocycles. The topological polar surface area (TPSA) is 38.7 Å². The number of ether oxygens (including phenoxy) is 2. The molecule has 1 saturated heterocycles. The van der Waals surface area contributed by atoms with Crippen LogP contribution < -0.4 is 0 Å². The van der Waals surface area contributed by atoms with Gasteiger partial charge in [0, 0.05) is 0 Å². The Balaban J connectivity index is 2.23. The molecular weight excluding hydrogens is 204 g/mol. The van der Waals surface area contributed by atoms with Crippen LogP contribution in [0, 0.1) is 0 Å². The summed E-state index contributed by atoms with van der Waals surface area (Å²) in [6.07, 6.45) is 6.46. The van der Waals surface area contributed by atoms with Crippen LogP contribution in [0.5, 0.6) is 0 Å². The summed E-state index contributed by atoms with van der Waals surface area (Å²) in [6.45, 7) is 6.51. The highest BCUT2D eigenvalue weighted by atomic mass is 16.7. The normalized spacial score (nSPS) is 27.0. The van der Waals surface area contributed by atoms with E-state index in [2.05, 4.69) is 6.92 Å². The van der Waals surface area contributed by atoms with E-state index in [0.717, 1.165) is 19.3 Å². The predicted octanol–water partition coefficient (Wildman–Crippen LogP) is 2.86. The molecule has 0 aromatic rings. The van der Waals surface area contributed by atoms with E-state index in [-0.39, 0.29) is 12.4 Å². The van der Waals surface area contributed by atoms with Crippen LogP contribution in [0.25, 0.3) is 0 Å². The fourth-order valence-electron chi connectivity index (χ4n) is 2.01.